The summed E-state index contributed by atoms with van der Waals surface area (Å²) in [7, 11) is 0. The average Bonchev–Trinajstić information content (AvgIpc) is 2.75. The molecule has 1 aliphatic rings. The smallest absolute Gasteiger partial charge is 0.254 e. The highest BCUT2D eigenvalue weighted by Gasteiger charge is 2.31. The third-order valence-corrected chi connectivity index (χ3v) is 3.44. The van der Waals surface area contributed by atoms with Crippen molar-refractivity contribution in [3.05, 3.63) is 18.1 Å². The average molecular weight is 246 g/mol. The lowest BCUT2D eigenvalue weighted by Crippen LogP contribution is -2.58. The Balaban J connectivity index is 2.15. The molecule has 0 aliphatic carbocycles. The Kier molecular flexibility index (Phi) is 2.48. The van der Waals surface area contributed by atoms with Crippen LogP contribution in [0.5, 0.6) is 0 Å². The lowest BCUT2D eigenvalue weighted by molar-refractivity contribution is 0.375. The predicted molar refractivity (Wildman–Crippen MR) is 69.8 cm³/mol. The van der Waals surface area contributed by atoms with Crippen molar-refractivity contribution in [1.82, 2.24) is 24.9 Å². The molecule has 0 bridgehead atoms. The predicted octanol–water partition coefficient (Wildman–Crippen LogP) is 0.621. The van der Waals surface area contributed by atoms with E-state index in [0.717, 1.165) is 31.1 Å². The lowest BCUT2D eigenvalue weighted by Gasteiger charge is -2.44. The molecule has 1 N–H and O–H groups in total. The zero-order valence-electron chi connectivity index (χ0n) is 11.0. The Hall–Kier alpha value is -1.69. The van der Waals surface area contributed by atoms with Crippen LogP contribution < -0.4 is 10.2 Å². The van der Waals surface area contributed by atoms with E-state index in [9.17, 15) is 0 Å². The number of aromatic nitrogens is 4. The Morgan fingerprint density at radius 2 is 2.22 bits per heavy atom. The van der Waals surface area contributed by atoms with E-state index in [0.29, 0.717) is 5.78 Å². The van der Waals surface area contributed by atoms with Crippen LogP contribution in [-0.4, -0.2) is 44.8 Å². The summed E-state index contributed by atoms with van der Waals surface area (Å²) < 4.78 is 1.82. The molecule has 3 heterocycles. The van der Waals surface area contributed by atoms with Crippen LogP contribution in [-0.2, 0) is 0 Å². The van der Waals surface area contributed by atoms with Gasteiger partial charge in [0.15, 0.2) is 0 Å². The molecule has 0 unspecified atom stereocenters. The lowest BCUT2D eigenvalue weighted by atomic mass is 10.0. The molecule has 0 amide bonds. The molecule has 2 aromatic rings. The van der Waals surface area contributed by atoms with Gasteiger partial charge in [0.1, 0.15) is 12.1 Å². The summed E-state index contributed by atoms with van der Waals surface area (Å²) in [4.78, 5) is 10.9. The van der Waals surface area contributed by atoms with Crippen LogP contribution in [0.3, 0.4) is 0 Å². The van der Waals surface area contributed by atoms with Crippen molar-refractivity contribution in [2.24, 2.45) is 0 Å². The van der Waals surface area contributed by atoms with E-state index in [4.69, 9.17) is 0 Å². The van der Waals surface area contributed by atoms with Crippen molar-refractivity contribution in [3.63, 3.8) is 0 Å². The van der Waals surface area contributed by atoms with Gasteiger partial charge in [0.2, 0.25) is 0 Å². The minimum atomic E-state index is 0.0604. The maximum atomic E-state index is 4.39. The Morgan fingerprint density at radius 1 is 1.39 bits per heavy atom. The van der Waals surface area contributed by atoms with E-state index in [2.05, 4.69) is 45.2 Å². The quantitative estimate of drug-likeness (QED) is 0.799. The Morgan fingerprint density at radius 3 is 3.00 bits per heavy atom. The normalized spacial score (nSPS) is 19.4. The van der Waals surface area contributed by atoms with E-state index >= 15 is 0 Å². The number of anilines is 1. The maximum absolute atomic E-state index is 4.39. The summed E-state index contributed by atoms with van der Waals surface area (Å²) in [6.07, 6.45) is 1.56. The van der Waals surface area contributed by atoms with E-state index in [1.807, 2.05) is 11.4 Å². The van der Waals surface area contributed by atoms with Crippen molar-refractivity contribution < 1.29 is 0 Å². The van der Waals surface area contributed by atoms with Gasteiger partial charge in [0.25, 0.3) is 5.78 Å². The van der Waals surface area contributed by atoms with Crippen LogP contribution in [0.1, 0.15) is 19.5 Å². The molecule has 1 aliphatic heterocycles. The maximum Gasteiger partial charge on any atom is 0.254 e. The van der Waals surface area contributed by atoms with Gasteiger partial charge in [0, 0.05) is 36.9 Å². The zero-order valence-corrected chi connectivity index (χ0v) is 11.0. The van der Waals surface area contributed by atoms with Gasteiger partial charge in [-0.25, -0.2) is 4.98 Å². The molecule has 0 spiro atoms. The molecule has 1 fully saturated rings. The third kappa shape index (κ3) is 1.73. The molecule has 0 saturated carbocycles. The highest BCUT2D eigenvalue weighted by atomic mass is 15.4. The van der Waals surface area contributed by atoms with E-state index < -0.39 is 0 Å². The van der Waals surface area contributed by atoms with Crippen LogP contribution >= 0.6 is 0 Å². The second-order valence-electron chi connectivity index (χ2n) is 5.37. The standard InChI is InChI=1S/C12H18N6/c1-9-6-10(18-11(16-9)14-8-15-18)17-5-4-13-7-12(17,2)3/h6,8,13H,4-5,7H2,1-3H3. The molecule has 18 heavy (non-hydrogen) atoms. The highest BCUT2D eigenvalue weighted by molar-refractivity contribution is 5.49. The first-order valence-electron chi connectivity index (χ1n) is 6.24. The fourth-order valence-electron chi connectivity index (χ4n) is 2.51. The van der Waals surface area contributed by atoms with Gasteiger partial charge >= 0.3 is 0 Å². The molecule has 1 saturated heterocycles. The second-order valence-corrected chi connectivity index (χ2v) is 5.37. The SMILES string of the molecule is Cc1cc(N2CCNCC2(C)C)n2ncnc2n1. The van der Waals surface area contributed by atoms with Gasteiger partial charge in [0.05, 0.1) is 0 Å². The molecule has 2 aromatic heterocycles. The molecule has 3 rings (SSSR count). The van der Waals surface area contributed by atoms with Crippen LogP contribution in [0.2, 0.25) is 0 Å². The van der Waals surface area contributed by atoms with Crippen LogP contribution in [0.4, 0.5) is 5.82 Å². The number of hydrogen-bond acceptors (Lipinski definition) is 5. The first-order valence-corrected chi connectivity index (χ1v) is 6.24. The van der Waals surface area contributed by atoms with Crippen molar-refractivity contribution in [1.29, 1.82) is 0 Å². The van der Waals surface area contributed by atoms with E-state index in [1.54, 1.807) is 6.33 Å². The third-order valence-electron chi connectivity index (χ3n) is 3.44. The summed E-state index contributed by atoms with van der Waals surface area (Å²) in [5.74, 6) is 1.74. The van der Waals surface area contributed by atoms with Gasteiger partial charge < -0.3 is 10.2 Å². The molecule has 6 heteroatoms. The summed E-state index contributed by atoms with van der Waals surface area (Å²) in [6, 6.07) is 2.08. The number of piperazine rings is 1. The summed E-state index contributed by atoms with van der Waals surface area (Å²) >= 11 is 0. The number of nitrogens with one attached hydrogen (secondary N) is 1. The van der Waals surface area contributed by atoms with Crippen LogP contribution in [0, 0.1) is 6.92 Å². The molecule has 0 atom stereocenters. The highest BCUT2D eigenvalue weighted by Crippen LogP contribution is 2.25. The molecule has 0 radical (unpaired) electrons. The van der Waals surface area contributed by atoms with Crippen molar-refractivity contribution in [3.8, 4) is 0 Å². The molecular formula is C12H18N6. The van der Waals surface area contributed by atoms with Crippen LogP contribution in [0.25, 0.3) is 5.78 Å². The number of fused-ring (bicyclic) bond motifs is 1. The van der Waals surface area contributed by atoms with Gasteiger partial charge in [-0.05, 0) is 20.8 Å². The van der Waals surface area contributed by atoms with Crippen molar-refractivity contribution >= 4 is 11.6 Å². The number of hydrogen-bond donors (Lipinski definition) is 1. The van der Waals surface area contributed by atoms with Gasteiger partial charge in [-0.1, -0.05) is 0 Å². The monoisotopic (exact) mass is 246 g/mol. The fourth-order valence-corrected chi connectivity index (χ4v) is 2.51. The topological polar surface area (TPSA) is 58.4 Å². The van der Waals surface area contributed by atoms with Crippen molar-refractivity contribution in [2.45, 2.75) is 26.3 Å². The first kappa shape index (κ1) is 11.4. The zero-order chi connectivity index (χ0) is 12.8. The molecule has 0 aromatic carbocycles. The summed E-state index contributed by atoms with van der Waals surface area (Å²) in [6.45, 7) is 9.37. The molecule has 6 nitrogen and oxygen atoms in total. The van der Waals surface area contributed by atoms with E-state index in [1.165, 1.54) is 0 Å². The minimum Gasteiger partial charge on any atom is -0.349 e. The van der Waals surface area contributed by atoms with Crippen molar-refractivity contribution in [2.75, 3.05) is 24.5 Å². The first-order chi connectivity index (χ1) is 8.58. The summed E-state index contributed by atoms with van der Waals surface area (Å²) in [5, 5.41) is 7.71. The molecular weight excluding hydrogens is 228 g/mol. The Labute approximate surface area is 106 Å². The largest absolute Gasteiger partial charge is 0.349 e. The number of rotatable bonds is 1. The van der Waals surface area contributed by atoms with Gasteiger partial charge in [-0.15, -0.1) is 0 Å². The minimum absolute atomic E-state index is 0.0604. The molecule has 96 valence electrons. The second kappa shape index (κ2) is 3.91. The Bertz CT molecular complexity index is 573. The fraction of sp³-hybridized carbons (Fsp3) is 0.583. The number of nitrogens with zero attached hydrogens (tertiary/aromatic N) is 5. The van der Waals surface area contributed by atoms with Gasteiger partial charge in [-0.3, -0.25) is 0 Å². The van der Waals surface area contributed by atoms with Crippen LogP contribution in [0.15, 0.2) is 12.4 Å². The number of aryl methyl sites for hydroxylation is 1. The van der Waals surface area contributed by atoms with E-state index in [-0.39, 0.29) is 5.54 Å². The summed E-state index contributed by atoms with van der Waals surface area (Å²) in [5.41, 5.74) is 1.03. The van der Waals surface area contributed by atoms with Gasteiger partial charge in [-0.2, -0.15) is 14.6 Å².